The number of thiophene rings is 2. The van der Waals surface area contributed by atoms with Gasteiger partial charge in [-0.05, 0) is 54.8 Å². The zero-order valence-electron chi connectivity index (χ0n) is 12.1. The fraction of sp³-hybridized carbons (Fsp3) is 0.438. The van der Waals surface area contributed by atoms with Gasteiger partial charge < -0.3 is 10.4 Å². The molecule has 2 aromatic heterocycles. The Morgan fingerprint density at radius 1 is 1.48 bits per heavy atom. The highest BCUT2D eigenvalue weighted by molar-refractivity contribution is 7.12. The van der Waals surface area contributed by atoms with E-state index in [0.29, 0.717) is 5.92 Å². The van der Waals surface area contributed by atoms with E-state index in [1.54, 1.807) is 29.6 Å². The smallest absolute Gasteiger partial charge is 0.223 e. The first-order chi connectivity index (χ1) is 9.97. The Morgan fingerprint density at radius 2 is 2.29 bits per heavy atom. The van der Waals surface area contributed by atoms with Crippen molar-refractivity contribution in [1.82, 2.24) is 5.32 Å². The number of nitrogens with one attached hydrogen (secondary N) is 1. The van der Waals surface area contributed by atoms with Gasteiger partial charge >= 0.3 is 0 Å². The maximum absolute atomic E-state index is 12.2. The van der Waals surface area contributed by atoms with Crippen LogP contribution in [-0.2, 0) is 10.4 Å². The molecule has 3 rings (SSSR count). The van der Waals surface area contributed by atoms with Crippen LogP contribution in [0.2, 0.25) is 0 Å². The lowest BCUT2D eigenvalue weighted by molar-refractivity contribution is -0.123. The van der Waals surface area contributed by atoms with Crippen LogP contribution in [0.15, 0.2) is 29.0 Å². The summed E-state index contributed by atoms with van der Waals surface area (Å²) in [4.78, 5) is 14.8. The maximum atomic E-state index is 12.2. The summed E-state index contributed by atoms with van der Waals surface area (Å²) in [6.07, 6.45) is 0.923. The zero-order chi connectivity index (χ0) is 15.0. The Labute approximate surface area is 132 Å². The van der Waals surface area contributed by atoms with Crippen molar-refractivity contribution in [2.75, 3.05) is 6.54 Å². The highest BCUT2D eigenvalue weighted by atomic mass is 32.1. The van der Waals surface area contributed by atoms with Crippen molar-refractivity contribution >= 4 is 28.6 Å². The predicted molar refractivity (Wildman–Crippen MR) is 86.8 cm³/mol. The van der Waals surface area contributed by atoms with Crippen LogP contribution in [0.5, 0.6) is 0 Å². The van der Waals surface area contributed by atoms with Gasteiger partial charge in [-0.25, -0.2) is 0 Å². The van der Waals surface area contributed by atoms with Crippen LogP contribution in [0.4, 0.5) is 0 Å². The minimum Gasteiger partial charge on any atom is -0.384 e. The van der Waals surface area contributed by atoms with E-state index in [9.17, 15) is 9.90 Å². The minimum absolute atomic E-state index is 0.0570. The Balaban J connectivity index is 1.54. The summed E-state index contributed by atoms with van der Waals surface area (Å²) in [6, 6.07) is 6.12. The van der Waals surface area contributed by atoms with E-state index < -0.39 is 5.60 Å². The number of carbonyl (C=O) groups is 1. The van der Waals surface area contributed by atoms with Crippen molar-refractivity contribution in [2.45, 2.75) is 31.8 Å². The molecule has 1 saturated carbocycles. The fourth-order valence-corrected chi connectivity index (χ4v) is 4.35. The van der Waals surface area contributed by atoms with E-state index in [2.05, 4.69) is 24.4 Å². The van der Waals surface area contributed by atoms with Crippen molar-refractivity contribution in [3.8, 4) is 0 Å². The molecular formula is C16H19NO2S2. The van der Waals surface area contributed by atoms with Crippen LogP contribution < -0.4 is 5.32 Å². The molecule has 3 nitrogen and oxygen atoms in total. The van der Waals surface area contributed by atoms with Crippen LogP contribution in [0.1, 0.15) is 34.6 Å². The van der Waals surface area contributed by atoms with Gasteiger partial charge in [-0.15, -0.1) is 11.3 Å². The van der Waals surface area contributed by atoms with Crippen LogP contribution in [-0.4, -0.2) is 17.6 Å². The van der Waals surface area contributed by atoms with Crippen molar-refractivity contribution in [3.05, 3.63) is 44.3 Å². The SMILES string of the molecule is Cc1ccc(C2CC2C(=O)NCC(C)(O)c2ccsc2)s1. The number of amides is 1. The van der Waals surface area contributed by atoms with Gasteiger partial charge in [0.05, 0.1) is 6.54 Å². The molecule has 3 atom stereocenters. The summed E-state index contributed by atoms with van der Waals surface area (Å²) < 4.78 is 0. The van der Waals surface area contributed by atoms with Crippen LogP contribution in [0, 0.1) is 12.8 Å². The monoisotopic (exact) mass is 321 g/mol. The minimum atomic E-state index is -1.00. The lowest BCUT2D eigenvalue weighted by atomic mass is 9.99. The first kappa shape index (κ1) is 14.8. The summed E-state index contributed by atoms with van der Waals surface area (Å²) in [6.45, 7) is 4.08. The van der Waals surface area contributed by atoms with E-state index in [1.807, 2.05) is 16.8 Å². The molecule has 0 bridgehead atoms. The fourth-order valence-electron chi connectivity index (χ4n) is 2.52. The lowest BCUT2D eigenvalue weighted by Gasteiger charge is -2.22. The molecule has 0 aromatic carbocycles. The Bertz CT molecular complexity index is 631. The lowest BCUT2D eigenvalue weighted by Crippen LogP contribution is -2.39. The van der Waals surface area contributed by atoms with Gasteiger partial charge in [0.15, 0.2) is 0 Å². The first-order valence-corrected chi connectivity index (χ1v) is 8.82. The summed E-state index contributed by atoms with van der Waals surface area (Å²) in [5, 5.41) is 17.2. The summed E-state index contributed by atoms with van der Waals surface area (Å²) in [7, 11) is 0. The topological polar surface area (TPSA) is 49.3 Å². The average Bonchev–Trinajstić information content (AvgIpc) is 2.87. The molecule has 5 heteroatoms. The van der Waals surface area contributed by atoms with Crippen LogP contribution in [0.3, 0.4) is 0 Å². The molecule has 0 radical (unpaired) electrons. The molecule has 1 fully saturated rings. The molecule has 0 saturated heterocycles. The number of rotatable bonds is 5. The van der Waals surface area contributed by atoms with Crippen molar-refractivity contribution in [3.63, 3.8) is 0 Å². The largest absolute Gasteiger partial charge is 0.384 e. The summed E-state index contributed by atoms with van der Waals surface area (Å²) in [5.74, 6) is 0.498. The third-order valence-corrected chi connectivity index (χ3v) is 5.82. The van der Waals surface area contributed by atoms with E-state index >= 15 is 0 Å². The molecule has 2 heterocycles. The van der Waals surface area contributed by atoms with Gasteiger partial charge in [0, 0.05) is 21.6 Å². The van der Waals surface area contributed by atoms with Gasteiger partial charge in [-0.1, -0.05) is 0 Å². The van der Waals surface area contributed by atoms with Gasteiger partial charge in [-0.2, -0.15) is 11.3 Å². The zero-order valence-corrected chi connectivity index (χ0v) is 13.8. The molecule has 112 valence electrons. The molecule has 2 aromatic rings. The number of hydrogen-bond donors (Lipinski definition) is 2. The number of carbonyl (C=O) groups excluding carboxylic acids is 1. The second-order valence-corrected chi connectivity index (χ2v) is 8.00. The van der Waals surface area contributed by atoms with Gasteiger partial charge in [0.25, 0.3) is 0 Å². The normalized spacial score (nSPS) is 23.6. The predicted octanol–water partition coefficient (Wildman–Crippen LogP) is 3.25. The maximum Gasteiger partial charge on any atom is 0.223 e. The number of hydrogen-bond acceptors (Lipinski definition) is 4. The highest BCUT2D eigenvalue weighted by Gasteiger charge is 2.45. The molecular weight excluding hydrogens is 302 g/mol. The van der Waals surface area contributed by atoms with E-state index in [1.165, 1.54) is 9.75 Å². The van der Waals surface area contributed by atoms with Gasteiger partial charge in [0.2, 0.25) is 5.91 Å². The van der Waals surface area contributed by atoms with Crippen LogP contribution in [0.25, 0.3) is 0 Å². The van der Waals surface area contributed by atoms with Crippen molar-refractivity contribution < 1.29 is 9.90 Å². The molecule has 1 aliphatic rings. The van der Waals surface area contributed by atoms with E-state index in [0.717, 1.165) is 12.0 Å². The molecule has 3 unspecified atom stereocenters. The quantitative estimate of drug-likeness (QED) is 0.888. The second-order valence-electron chi connectivity index (χ2n) is 5.90. The molecule has 0 spiro atoms. The van der Waals surface area contributed by atoms with Gasteiger partial charge in [-0.3, -0.25) is 4.79 Å². The first-order valence-electron chi connectivity index (χ1n) is 7.06. The molecule has 21 heavy (non-hydrogen) atoms. The third kappa shape index (κ3) is 3.20. The third-order valence-electron chi connectivity index (χ3n) is 4.00. The van der Waals surface area contributed by atoms with Crippen molar-refractivity contribution in [2.24, 2.45) is 5.92 Å². The molecule has 1 aliphatic carbocycles. The number of aliphatic hydroxyl groups is 1. The number of aryl methyl sites for hydroxylation is 1. The summed E-state index contributed by atoms with van der Waals surface area (Å²) in [5.41, 5.74) is -0.145. The van der Waals surface area contributed by atoms with E-state index in [-0.39, 0.29) is 18.4 Å². The standard InChI is InChI=1S/C16H19NO2S2/c1-10-3-4-14(21-10)12-7-13(12)15(18)17-9-16(2,19)11-5-6-20-8-11/h3-6,8,12-13,19H,7,9H2,1-2H3,(H,17,18). The van der Waals surface area contributed by atoms with Gasteiger partial charge in [0.1, 0.15) is 5.60 Å². The molecule has 0 aliphatic heterocycles. The summed E-state index contributed by atoms with van der Waals surface area (Å²) >= 11 is 3.32. The van der Waals surface area contributed by atoms with Crippen molar-refractivity contribution in [1.29, 1.82) is 0 Å². The Kier molecular flexibility index (Phi) is 3.90. The van der Waals surface area contributed by atoms with Crippen LogP contribution >= 0.6 is 22.7 Å². The Hall–Kier alpha value is -1.17. The molecule has 2 N–H and O–H groups in total. The van der Waals surface area contributed by atoms with E-state index in [4.69, 9.17) is 0 Å². The second kappa shape index (κ2) is 5.55. The molecule has 1 amide bonds. The highest BCUT2D eigenvalue weighted by Crippen LogP contribution is 2.49. The average molecular weight is 321 g/mol. The Morgan fingerprint density at radius 3 is 2.90 bits per heavy atom.